The molecule has 0 aromatic carbocycles. The molecule has 0 aromatic heterocycles. The summed E-state index contributed by atoms with van der Waals surface area (Å²) in [6.07, 6.45) is 11.8. The highest BCUT2D eigenvalue weighted by atomic mass is 16.3. The third-order valence-corrected chi connectivity index (χ3v) is 6.18. The fourth-order valence-corrected chi connectivity index (χ4v) is 4.45. The van der Waals surface area contributed by atoms with Crippen molar-refractivity contribution in [3.63, 3.8) is 0 Å². The van der Waals surface area contributed by atoms with Crippen molar-refractivity contribution in [2.24, 2.45) is 29.1 Å². The number of aliphatic hydroxyl groups excluding tert-OH is 1. The van der Waals surface area contributed by atoms with E-state index in [0.717, 1.165) is 30.1 Å². The molecular formula is C21H42O. The Balaban J connectivity index is 2.41. The SMILES string of the molecule is CCCC(C)CC(CCC(C)CC1(C)CC1O)C(C)CCC. The average Bonchev–Trinajstić information content (AvgIpc) is 3.01. The second-order valence-corrected chi connectivity index (χ2v) is 8.92. The molecule has 1 saturated carbocycles. The van der Waals surface area contributed by atoms with Gasteiger partial charge in [0, 0.05) is 0 Å². The maximum Gasteiger partial charge on any atom is 0.0601 e. The molecule has 22 heavy (non-hydrogen) atoms. The molecule has 1 N–H and O–H groups in total. The minimum Gasteiger partial charge on any atom is -0.393 e. The molecule has 6 unspecified atom stereocenters. The summed E-state index contributed by atoms with van der Waals surface area (Å²) in [6, 6.07) is 0. The molecule has 0 heterocycles. The van der Waals surface area contributed by atoms with Gasteiger partial charge in [0.25, 0.3) is 0 Å². The topological polar surface area (TPSA) is 20.2 Å². The predicted molar refractivity (Wildman–Crippen MR) is 98.0 cm³/mol. The zero-order valence-electron chi connectivity index (χ0n) is 16.2. The number of aliphatic hydroxyl groups is 1. The summed E-state index contributed by atoms with van der Waals surface area (Å²) < 4.78 is 0. The third-order valence-electron chi connectivity index (χ3n) is 6.18. The van der Waals surface area contributed by atoms with Crippen LogP contribution in [0, 0.1) is 29.1 Å². The second-order valence-electron chi connectivity index (χ2n) is 8.92. The maximum atomic E-state index is 9.75. The van der Waals surface area contributed by atoms with Crippen LogP contribution in [0.3, 0.4) is 0 Å². The minimum absolute atomic E-state index is 0.0191. The fraction of sp³-hybridized carbons (Fsp3) is 1.00. The summed E-state index contributed by atoms with van der Waals surface area (Å²) in [6.45, 7) is 14.2. The molecule has 1 heteroatoms. The van der Waals surface area contributed by atoms with E-state index in [-0.39, 0.29) is 11.5 Å². The van der Waals surface area contributed by atoms with Crippen molar-refractivity contribution in [3.05, 3.63) is 0 Å². The lowest BCUT2D eigenvalue weighted by molar-refractivity contribution is 0.196. The Hall–Kier alpha value is -0.0400. The highest BCUT2D eigenvalue weighted by molar-refractivity contribution is 4.99. The van der Waals surface area contributed by atoms with Crippen molar-refractivity contribution in [2.45, 2.75) is 105 Å². The predicted octanol–water partition coefficient (Wildman–Crippen LogP) is 6.44. The molecule has 0 aromatic rings. The molecule has 0 amide bonds. The van der Waals surface area contributed by atoms with Gasteiger partial charge in [0.15, 0.2) is 0 Å². The first-order valence-electron chi connectivity index (χ1n) is 10.00. The van der Waals surface area contributed by atoms with E-state index in [4.69, 9.17) is 0 Å². The molecule has 6 atom stereocenters. The number of hydrogen-bond donors (Lipinski definition) is 1. The van der Waals surface area contributed by atoms with Gasteiger partial charge in [-0.1, -0.05) is 73.6 Å². The van der Waals surface area contributed by atoms with Crippen LogP contribution in [0.15, 0.2) is 0 Å². The van der Waals surface area contributed by atoms with Crippen molar-refractivity contribution in [3.8, 4) is 0 Å². The molecule has 132 valence electrons. The van der Waals surface area contributed by atoms with E-state index < -0.39 is 0 Å². The van der Waals surface area contributed by atoms with Crippen molar-refractivity contribution < 1.29 is 5.11 Å². The molecular weight excluding hydrogens is 268 g/mol. The van der Waals surface area contributed by atoms with Gasteiger partial charge in [-0.05, 0) is 54.8 Å². The quantitative estimate of drug-likeness (QED) is 0.439. The monoisotopic (exact) mass is 310 g/mol. The smallest absolute Gasteiger partial charge is 0.0601 e. The van der Waals surface area contributed by atoms with Crippen molar-refractivity contribution in [2.75, 3.05) is 0 Å². The van der Waals surface area contributed by atoms with Gasteiger partial charge in [0.2, 0.25) is 0 Å². The molecule has 0 radical (unpaired) electrons. The fourth-order valence-electron chi connectivity index (χ4n) is 4.45. The van der Waals surface area contributed by atoms with Crippen molar-refractivity contribution >= 4 is 0 Å². The van der Waals surface area contributed by atoms with Crippen molar-refractivity contribution in [1.29, 1.82) is 0 Å². The van der Waals surface area contributed by atoms with E-state index >= 15 is 0 Å². The van der Waals surface area contributed by atoms with E-state index in [1.165, 1.54) is 51.4 Å². The number of rotatable bonds is 12. The van der Waals surface area contributed by atoms with Gasteiger partial charge >= 0.3 is 0 Å². The Labute approximate surface area is 140 Å². The standard InChI is InChI=1S/C21H42O/c1-7-9-16(3)13-19(18(5)10-8-2)12-11-17(4)14-21(6)15-20(21)22/h16-20,22H,7-15H2,1-6H3. The summed E-state index contributed by atoms with van der Waals surface area (Å²) >= 11 is 0. The first kappa shape index (κ1) is 20.0. The van der Waals surface area contributed by atoms with Gasteiger partial charge in [-0.3, -0.25) is 0 Å². The van der Waals surface area contributed by atoms with Gasteiger partial charge in [-0.2, -0.15) is 0 Å². The summed E-state index contributed by atoms with van der Waals surface area (Å²) in [5, 5.41) is 9.75. The van der Waals surface area contributed by atoms with E-state index in [0.29, 0.717) is 0 Å². The van der Waals surface area contributed by atoms with Gasteiger partial charge in [0.05, 0.1) is 6.10 Å². The largest absolute Gasteiger partial charge is 0.393 e. The number of hydrogen-bond acceptors (Lipinski definition) is 1. The van der Waals surface area contributed by atoms with E-state index in [9.17, 15) is 5.11 Å². The van der Waals surface area contributed by atoms with Gasteiger partial charge in [-0.25, -0.2) is 0 Å². The Kier molecular flexibility index (Phi) is 8.46. The molecule has 1 fully saturated rings. The van der Waals surface area contributed by atoms with E-state index in [1.54, 1.807) is 0 Å². The minimum atomic E-state index is -0.0191. The lowest BCUT2D eigenvalue weighted by atomic mass is 9.78. The molecule has 1 nitrogen and oxygen atoms in total. The van der Waals surface area contributed by atoms with Crippen LogP contribution in [-0.2, 0) is 0 Å². The van der Waals surface area contributed by atoms with Gasteiger partial charge < -0.3 is 5.11 Å². The van der Waals surface area contributed by atoms with Crippen LogP contribution in [0.4, 0.5) is 0 Å². The molecule has 1 aliphatic carbocycles. The molecule has 1 rings (SSSR count). The molecule has 0 aliphatic heterocycles. The summed E-state index contributed by atoms with van der Waals surface area (Å²) in [4.78, 5) is 0. The highest BCUT2D eigenvalue weighted by Crippen LogP contribution is 2.51. The molecule has 1 aliphatic rings. The van der Waals surface area contributed by atoms with E-state index in [1.807, 2.05) is 0 Å². The second kappa shape index (κ2) is 9.30. The van der Waals surface area contributed by atoms with Gasteiger partial charge in [0.1, 0.15) is 0 Å². The highest BCUT2D eigenvalue weighted by Gasteiger charge is 2.49. The Morgan fingerprint density at radius 1 is 0.955 bits per heavy atom. The third kappa shape index (κ3) is 6.60. The van der Waals surface area contributed by atoms with Crippen LogP contribution >= 0.6 is 0 Å². The Bertz CT molecular complexity index is 300. The molecule has 0 bridgehead atoms. The Morgan fingerprint density at radius 2 is 1.55 bits per heavy atom. The van der Waals surface area contributed by atoms with Crippen LogP contribution in [0.25, 0.3) is 0 Å². The summed E-state index contributed by atoms with van der Waals surface area (Å²) in [5.74, 6) is 3.42. The first-order valence-corrected chi connectivity index (χ1v) is 10.00. The summed E-state index contributed by atoms with van der Waals surface area (Å²) in [5.41, 5.74) is 0.249. The van der Waals surface area contributed by atoms with Crippen LogP contribution in [0.1, 0.15) is 99.3 Å². The Morgan fingerprint density at radius 3 is 2.05 bits per heavy atom. The van der Waals surface area contributed by atoms with Gasteiger partial charge in [-0.15, -0.1) is 0 Å². The van der Waals surface area contributed by atoms with Crippen LogP contribution in [0.2, 0.25) is 0 Å². The van der Waals surface area contributed by atoms with Crippen molar-refractivity contribution in [1.82, 2.24) is 0 Å². The maximum absolute atomic E-state index is 9.75. The summed E-state index contributed by atoms with van der Waals surface area (Å²) in [7, 11) is 0. The molecule has 0 spiro atoms. The van der Waals surface area contributed by atoms with Crippen LogP contribution in [-0.4, -0.2) is 11.2 Å². The molecule has 0 saturated heterocycles. The lowest BCUT2D eigenvalue weighted by Crippen LogP contribution is -2.17. The zero-order valence-corrected chi connectivity index (χ0v) is 16.2. The average molecular weight is 311 g/mol. The van der Waals surface area contributed by atoms with E-state index in [2.05, 4.69) is 41.5 Å². The first-order chi connectivity index (χ1) is 10.3. The zero-order chi connectivity index (χ0) is 16.8. The normalized spacial score (nSPS) is 29.9. The van der Waals surface area contributed by atoms with Crippen LogP contribution in [0.5, 0.6) is 0 Å². The lowest BCUT2D eigenvalue weighted by Gasteiger charge is -2.28. The van der Waals surface area contributed by atoms with Crippen LogP contribution < -0.4 is 0 Å².